The van der Waals surface area contributed by atoms with Crippen LogP contribution in [0.15, 0.2) is 48.5 Å². The number of amides is 2. The third-order valence-electron chi connectivity index (χ3n) is 3.83. The number of benzene rings is 2. The maximum absolute atomic E-state index is 12.7. The number of methoxy groups -OCH3 is 1. The van der Waals surface area contributed by atoms with E-state index in [-0.39, 0.29) is 5.91 Å². The summed E-state index contributed by atoms with van der Waals surface area (Å²) in [5, 5.41) is 5.37. The number of carbonyl (C=O) groups is 2. The summed E-state index contributed by atoms with van der Waals surface area (Å²) in [6.07, 6.45) is -1.28. The maximum Gasteiger partial charge on any atom is 0.408 e. The average Bonchev–Trinajstić information content (AvgIpc) is 2.98. The zero-order valence-electron chi connectivity index (χ0n) is 13.4. The molecule has 0 aliphatic carbocycles. The molecular formula is C18H18N2O4. The molecule has 1 aliphatic rings. The summed E-state index contributed by atoms with van der Waals surface area (Å²) in [6.45, 7) is 1.92. The van der Waals surface area contributed by atoms with Gasteiger partial charge in [-0.1, -0.05) is 36.4 Å². The first-order chi connectivity index (χ1) is 11.6. The number of rotatable bonds is 4. The second-order valence-corrected chi connectivity index (χ2v) is 5.55. The van der Waals surface area contributed by atoms with Crippen LogP contribution in [0.4, 0.5) is 10.5 Å². The highest BCUT2D eigenvalue weighted by atomic mass is 16.6. The van der Waals surface area contributed by atoms with Crippen molar-refractivity contribution in [3.8, 4) is 5.75 Å². The monoisotopic (exact) mass is 326 g/mol. The Balaban J connectivity index is 1.83. The van der Waals surface area contributed by atoms with E-state index in [1.807, 2.05) is 49.4 Å². The molecule has 0 saturated carbocycles. The molecule has 6 heteroatoms. The van der Waals surface area contributed by atoms with Crippen LogP contribution in [0.5, 0.6) is 5.75 Å². The highest BCUT2D eigenvalue weighted by Gasteiger charge is 2.40. The topological polar surface area (TPSA) is 76.7 Å². The van der Waals surface area contributed by atoms with Gasteiger partial charge in [-0.15, -0.1) is 0 Å². The lowest BCUT2D eigenvalue weighted by Gasteiger charge is -2.18. The quantitative estimate of drug-likeness (QED) is 0.906. The first-order valence-corrected chi connectivity index (χ1v) is 7.56. The number of cyclic esters (lactones) is 1. The lowest BCUT2D eigenvalue weighted by atomic mass is 10.0. The van der Waals surface area contributed by atoms with Gasteiger partial charge in [-0.25, -0.2) is 4.79 Å². The lowest BCUT2D eigenvalue weighted by molar-refractivity contribution is -0.119. The second kappa shape index (κ2) is 6.62. The molecule has 2 amide bonds. The van der Waals surface area contributed by atoms with E-state index in [2.05, 4.69) is 10.6 Å². The van der Waals surface area contributed by atoms with Gasteiger partial charge in [0.05, 0.1) is 12.8 Å². The van der Waals surface area contributed by atoms with Crippen LogP contribution in [0, 0.1) is 6.92 Å². The highest BCUT2D eigenvalue weighted by Crippen LogP contribution is 2.29. The fraction of sp³-hybridized carbons (Fsp3) is 0.222. The van der Waals surface area contributed by atoms with Crippen LogP contribution >= 0.6 is 0 Å². The van der Waals surface area contributed by atoms with Crippen LogP contribution in [0.25, 0.3) is 0 Å². The number of carbonyl (C=O) groups excluding carboxylic acids is 2. The smallest absolute Gasteiger partial charge is 0.408 e. The van der Waals surface area contributed by atoms with Crippen molar-refractivity contribution in [3.05, 3.63) is 59.7 Å². The number of alkyl carbamates (subject to hydrolysis) is 1. The molecule has 6 nitrogen and oxygen atoms in total. The average molecular weight is 326 g/mol. The maximum atomic E-state index is 12.7. The van der Waals surface area contributed by atoms with Gasteiger partial charge in [0, 0.05) is 0 Å². The zero-order chi connectivity index (χ0) is 17.1. The van der Waals surface area contributed by atoms with Crippen LogP contribution in [0.1, 0.15) is 17.2 Å². The van der Waals surface area contributed by atoms with E-state index in [0.29, 0.717) is 11.4 Å². The Morgan fingerprint density at radius 3 is 2.67 bits per heavy atom. The molecule has 2 N–H and O–H groups in total. The predicted molar refractivity (Wildman–Crippen MR) is 88.9 cm³/mol. The highest BCUT2D eigenvalue weighted by molar-refractivity contribution is 5.99. The largest absolute Gasteiger partial charge is 0.495 e. The predicted octanol–water partition coefficient (Wildman–Crippen LogP) is 2.79. The van der Waals surface area contributed by atoms with Gasteiger partial charge >= 0.3 is 6.09 Å². The molecule has 1 aliphatic heterocycles. The minimum atomic E-state index is -0.815. The standard InChI is InChI=1S/C18H18N2O4/c1-11-8-9-14(23-2)13(10-11)19-17(21)15-16(24-18(22)20-15)12-6-4-3-5-7-12/h3-10,15-16H,1-2H3,(H,19,21)(H,20,22). The summed E-state index contributed by atoms with van der Waals surface area (Å²) < 4.78 is 10.5. The summed E-state index contributed by atoms with van der Waals surface area (Å²) >= 11 is 0. The Morgan fingerprint density at radius 2 is 1.96 bits per heavy atom. The van der Waals surface area contributed by atoms with Crippen molar-refractivity contribution in [1.82, 2.24) is 5.32 Å². The Morgan fingerprint density at radius 1 is 1.21 bits per heavy atom. The van der Waals surface area contributed by atoms with Crippen molar-refractivity contribution >= 4 is 17.7 Å². The molecule has 0 radical (unpaired) electrons. The van der Waals surface area contributed by atoms with Crippen molar-refractivity contribution in [3.63, 3.8) is 0 Å². The van der Waals surface area contributed by atoms with Crippen LogP contribution in [0.2, 0.25) is 0 Å². The summed E-state index contributed by atoms with van der Waals surface area (Å²) in [7, 11) is 1.54. The van der Waals surface area contributed by atoms with Crippen molar-refractivity contribution in [1.29, 1.82) is 0 Å². The van der Waals surface area contributed by atoms with Crippen molar-refractivity contribution < 1.29 is 19.1 Å². The molecule has 1 fully saturated rings. The van der Waals surface area contributed by atoms with Gasteiger partial charge in [0.1, 0.15) is 5.75 Å². The number of nitrogens with one attached hydrogen (secondary N) is 2. The Kier molecular flexibility index (Phi) is 4.37. The normalized spacial score (nSPS) is 19.3. The molecule has 2 unspecified atom stereocenters. The number of ether oxygens (including phenoxy) is 2. The molecule has 24 heavy (non-hydrogen) atoms. The number of hydrogen-bond donors (Lipinski definition) is 2. The van der Waals surface area contributed by atoms with Gasteiger partial charge < -0.3 is 20.1 Å². The van der Waals surface area contributed by atoms with Crippen molar-refractivity contribution in [2.24, 2.45) is 0 Å². The Labute approximate surface area is 139 Å². The van der Waals surface area contributed by atoms with Gasteiger partial charge in [0.25, 0.3) is 5.91 Å². The van der Waals surface area contributed by atoms with E-state index in [4.69, 9.17) is 9.47 Å². The Hall–Kier alpha value is -3.02. The molecule has 0 aromatic heterocycles. The van der Waals surface area contributed by atoms with E-state index in [1.54, 1.807) is 6.07 Å². The zero-order valence-corrected chi connectivity index (χ0v) is 13.4. The number of anilines is 1. The van der Waals surface area contributed by atoms with Crippen LogP contribution < -0.4 is 15.4 Å². The molecule has 2 aromatic rings. The van der Waals surface area contributed by atoms with Gasteiger partial charge in [0.2, 0.25) is 0 Å². The van der Waals surface area contributed by atoms with Crippen LogP contribution in [0.3, 0.4) is 0 Å². The molecule has 0 bridgehead atoms. The van der Waals surface area contributed by atoms with Gasteiger partial charge in [0.15, 0.2) is 12.1 Å². The first kappa shape index (κ1) is 15.9. The van der Waals surface area contributed by atoms with Crippen molar-refractivity contribution in [2.45, 2.75) is 19.1 Å². The summed E-state index contributed by atoms with van der Waals surface area (Å²) in [6, 6.07) is 13.8. The lowest BCUT2D eigenvalue weighted by Crippen LogP contribution is -2.40. The molecule has 3 rings (SSSR count). The molecule has 1 heterocycles. The van der Waals surface area contributed by atoms with E-state index < -0.39 is 18.2 Å². The third kappa shape index (κ3) is 3.17. The van der Waals surface area contributed by atoms with E-state index >= 15 is 0 Å². The molecule has 1 saturated heterocycles. The van der Waals surface area contributed by atoms with Gasteiger partial charge in [-0.3, -0.25) is 4.79 Å². The third-order valence-corrected chi connectivity index (χ3v) is 3.83. The summed E-state index contributed by atoms with van der Waals surface area (Å²) in [5.74, 6) is 0.189. The summed E-state index contributed by atoms with van der Waals surface area (Å²) in [4.78, 5) is 24.3. The fourth-order valence-corrected chi connectivity index (χ4v) is 2.66. The van der Waals surface area contributed by atoms with Crippen LogP contribution in [-0.2, 0) is 9.53 Å². The molecule has 0 spiro atoms. The summed E-state index contributed by atoms with van der Waals surface area (Å²) in [5.41, 5.74) is 2.29. The van der Waals surface area contributed by atoms with Gasteiger partial charge in [-0.2, -0.15) is 0 Å². The van der Waals surface area contributed by atoms with Gasteiger partial charge in [-0.05, 0) is 30.2 Å². The number of aryl methyl sites for hydroxylation is 1. The first-order valence-electron chi connectivity index (χ1n) is 7.56. The van der Waals surface area contributed by atoms with E-state index in [0.717, 1.165) is 11.1 Å². The van der Waals surface area contributed by atoms with Crippen LogP contribution in [-0.4, -0.2) is 25.2 Å². The second-order valence-electron chi connectivity index (χ2n) is 5.55. The Bertz CT molecular complexity index is 761. The minimum absolute atomic E-state index is 0.362. The SMILES string of the molecule is COc1ccc(C)cc1NC(=O)C1NC(=O)OC1c1ccccc1. The molecule has 2 atom stereocenters. The molecular weight excluding hydrogens is 308 g/mol. The minimum Gasteiger partial charge on any atom is -0.495 e. The number of hydrogen-bond acceptors (Lipinski definition) is 4. The molecule has 2 aromatic carbocycles. The fourth-order valence-electron chi connectivity index (χ4n) is 2.66. The van der Waals surface area contributed by atoms with Crippen molar-refractivity contribution in [2.75, 3.05) is 12.4 Å². The van der Waals surface area contributed by atoms with E-state index in [9.17, 15) is 9.59 Å². The van der Waals surface area contributed by atoms with E-state index in [1.165, 1.54) is 7.11 Å². The molecule has 124 valence electrons.